The van der Waals surface area contributed by atoms with Gasteiger partial charge in [0.1, 0.15) is 0 Å². The van der Waals surface area contributed by atoms with E-state index in [1.165, 1.54) is 43.2 Å². The molecule has 2 aromatic rings. The van der Waals surface area contributed by atoms with Crippen LogP contribution in [0.2, 0.25) is 0 Å². The summed E-state index contributed by atoms with van der Waals surface area (Å²) in [5, 5.41) is 3.47. The summed E-state index contributed by atoms with van der Waals surface area (Å²) >= 11 is 0. The van der Waals surface area contributed by atoms with Crippen LogP contribution >= 0.6 is 0 Å². The van der Waals surface area contributed by atoms with E-state index in [1.807, 2.05) is 6.20 Å². The van der Waals surface area contributed by atoms with Gasteiger partial charge in [-0.25, -0.2) is 4.98 Å². The fourth-order valence-electron chi connectivity index (χ4n) is 3.01. The van der Waals surface area contributed by atoms with E-state index >= 15 is 0 Å². The van der Waals surface area contributed by atoms with Gasteiger partial charge in [-0.15, -0.1) is 0 Å². The van der Waals surface area contributed by atoms with E-state index in [1.54, 1.807) is 0 Å². The van der Waals surface area contributed by atoms with Crippen molar-refractivity contribution in [3.05, 3.63) is 41.7 Å². The molecular formula is C17H23N3. The Morgan fingerprint density at radius 3 is 2.65 bits per heavy atom. The smallest absolute Gasteiger partial charge is 0.207 e. The number of hydrogen-bond donors (Lipinski definition) is 1. The minimum atomic E-state index is 0.611. The van der Waals surface area contributed by atoms with Crippen LogP contribution in [0.25, 0.3) is 0 Å². The van der Waals surface area contributed by atoms with Gasteiger partial charge in [0.2, 0.25) is 5.95 Å². The molecule has 1 fully saturated rings. The number of aryl methyl sites for hydroxylation is 2. The van der Waals surface area contributed by atoms with E-state index in [2.05, 4.69) is 53.1 Å². The first-order chi connectivity index (χ1) is 9.74. The first kappa shape index (κ1) is 13.2. The van der Waals surface area contributed by atoms with Crippen molar-refractivity contribution in [2.45, 2.75) is 52.0 Å². The maximum Gasteiger partial charge on any atom is 0.207 e. The van der Waals surface area contributed by atoms with Crippen molar-refractivity contribution >= 4 is 11.6 Å². The van der Waals surface area contributed by atoms with E-state index < -0.39 is 0 Å². The zero-order valence-electron chi connectivity index (χ0n) is 12.4. The van der Waals surface area contributed by atoms with Gasteiger partial charge in [0, 0.05) is 24.1 Å². The molecule has 1 N–H and O–H groups in total. The zero-order valence-corrected chi connectivity index (χ0v) is 12.4. The Morgan fingerprint density at radius 1 is 1.10 bits per heavy atom. The van der Waals surface area contributed by atoms with Crippen LogP contribution < -0.4 is 5.32 Å². The average Bonchev–Trinajstić information content (AvgIpc) is 2.92. The maximum atomic E-state index is 4.49. The molecule has 1 aliphatic rings. The van der Waals surface area contributed by atoms with Gasteiger partial charge in [-0.05, 0) is 49.9 Å². The van der Waals surface area contributed by atoms with Crippen LogP contribution in [0.1, 0.15) is 49.3 Å². The van der Waals surface area contributed by atoms with Crippen LogP contribution in [0, 0.1) is 13.8 Å². The van der Waals surface area contributed by atoms with Gasteiger partial charge in [-0.3, -0.25) is 0 Å². The standard InChI is InChI=1S/C17H23N3/c1-13-8-9-15(12-14(13)2)19-17-18-10-11-20(17)16-6-4-3-5-7-16/h8-12,16H,3-7H2,1-2H3,(H,18,19). The van der Waals surface area contributed by atoms with Crippen LogP contribution in [0.15, 0.2) is 30.6 Å². The summed E-state index contributed by atoms with van der Waals surface area (Å²) in [7, 11) is 0. The second kappa shape index (κ2) is 5.70. The molecule has 0 radical (unpaired) electrons. The third-order valence-corrected chi connectivity index (χ3v) is 4.40. The number of anilines is 2. The Balaban J connectivity index is 1.80. The molecule has 1 aromatic heterocycles. The van der Waals surface area contributed by atoms with Gasteiger partial charge < -0.3 is 9.88 Å². The summed E-state index contributed by atoms with van der Waals surface area (Å²) in [6.07, 6.45) is 10.6. The van der Waals surface area contributed by atoms with E-state index in [9.17, 15) is 0 Å². The summed E-state index contributed by atoms with van der Waals surface area (Å²) in [4.78, 5) is 4.49. The van der Waals surface area contributed by atoms with Crippen molar-refractivity contribution in [3.63, 3.8) is 0 Å². The molecule has 0 bridgehead atoms. The molecule has 3 heteroatoms. The summed E-state index contributed by atoms with van der Waals surface area (Å²) in [6, 6.07) is 7.09. The number of imidazole rings is 1. The molecule has 0 saturated heterocycles. The molecule has 106 valence electrons. The van der Waals surface area contributed by atoms with Crippen LogP contribution in [-0.2, 0) is 0 Å². The van der Waals surface area contributed by atoms with E-state index in [-0.39, 0.29) is 0 Å². The fourth-order valence-corrected chi connectivity index (χ4v) is 3.01. The predicted octanol–water partition coefficient (Wildman–Crippen LogP) is 4.75. The molecule has 20 heavy (non-hydrogen) atoms. The van der Waals surface area contributed by atoms with Gasteiger partial charge in [-0.1, -0.05) is 25.3 Å². The first-order valence-corrected chi connectivity index (χ1v) is 7.61. The maximum absolute atomic E-state index is 4.49. The SMILES string of the molecule is Cc1ccc(Nc2nccn2C2CCCCC2)cc1C. The van der Waals surface area contributed by atoms with Crippen molar-refractivity contribution in [1.82, 2.24) is 9.55 Å². The van der Waals surface area contributed by atoms with E-state index in [4.69, 9.17) is 0 Å². The average molecular weight is 269 g/mol. The summed E-state index contributed by atoms with van der Waals surface area (Å²) in [6.45, 7) is 4.29. The van der Waals surface area contributed by atoms with Crippen LogP contribution in [-0.4, -0.2) is 9.55 Å². The molecule has 3 rings (SSSR count). The summed E-state index contributed by atoms with van der Waals surface area (Å²) in [5.74, 6) is 0.972. The molecular weight excluding hydrogens is 246 g/mol. The molecule has 0 atom stereocenters. The van der Waals surface area contributed by atoms with E-state index in [0.717, 1.165) is 11.6 Å². The lowest BCUT2D eigenvalue weighted by molar-refractivity contribution is 0.356. The fraction of sp³-hybridized carbons (Fsp3) is 0.471. The third kappa shape index (κ3) is 2.72. The molecule has 0 amide bonds. The Morgan fingerprint density at radius 2 is 1.90 bits per heavy atom. The summed E-state index contributed by atoms with van der Waals surface area (Å²) < 4.78 is 2.31. The van der Waals surface area contributed by atoms with Gasteiger partial charge >= 0.3 is 0 Å². The quantitative estimate of drug-likeness (QED) is 0.871. The molecule has 1 heterocycles. The lowest BCUT2D eigenvalue weighted by Crippen LogP contribution is -2.14. The molecule has 1 aliphatic carbocycles. The zero-order chi connectivity index (χ0) is 13.9. The number of aromatic nitrogens is 2. The van der Waals surface area contributed by atoms with Crippen LogP contribution in [0.4, 0.5) is 11.6 Å². The topological polar surface area (TPSA) is 29.9 Å². The number of benzene rings is 1. The number of hydrogen-bond acceptors (Lipinski definition) is 2. The van der Waals surface area contributed by atoms with Crippen molar-refractivity contribution in [1.29, 1.82) is 0 Å². The number of nitrogens with zero attached hydrogens (tertiary/aromatic N) is 2. The highest BCUT2D eigenvalue weighted by Crippen LogP contribution is 2.31. The number of nitrogens with one attached hydrogen (secondary N) is 1. The van der Waals surface area contributed by atoms with Crippen LogP contribution in [0.3, 0.4) is 0 Å². The normalized spacial score (nSPS) is 16.3. The summed E-state index contributed by atoms with van der Waals surface area (Å²) in [5.41, 5.74) is 3.76. The lowest BCUT2D eigenvalue weighted by atomic mass is 9.95. The second-order valence-corrected chi connectivity index (χ2v) is 5.87. The van der Waals surface area contributed by atoms with E-state index in [0.29, 0.717) is 6.04 Å². The van der Waals surface area contributed by atoms with Crippen molar-refractivity contribution in [2.24, 2.45) is 0 Å². The van der Waals surface area contributed by atoms with Crippen molar-refractivity contribution < 1.29 is 0 Å². The Kier molecular flexibility index (Phi) is 3.77. The molecule has 1 saturated carbocycles. The van der Waals surface area contributed by atoms with Gasteiger partial charge in [-0.2, -0.15) is 0 Å². The monoisotopic (exact) mass is 269 g/mol. The molecule has 1 aromatic carbocycles. The Hall–Kier alpha value is -1.77. The minimum Gasteiger partial charge on any atom is -0.326 e. The lowest BCUT2D eigenvalue weighted by Gasteiger charge is -2.24. The largest absolute Gasteiger partial charge is 0.326 e. The Labute approximate surface area is 121 Å². The molecule has 0 aliphatic heterocycles. The molecule has 3 nitrogen and oxygen atoms in total. The van der Waals surface area contributed by atoms with Crippen molar-refractivity contribution in [3.8, 4) is 0 Å². The van der Waals surface area contributed by atoms with Crippen LogP contribution in [0.5, 0.6) is 0 Å². The molecule has 0 spiro atoms. The highest BCUT2D eigenvalue weighted by atomic mass is 15.2. The van der Waals surface area contributed by atoms with Gasteiger partial charge in [0.15, 0.2) is 0 Å². The molecule has 0 unspecified atom stereocenters. The van der Waals surface area contributed by atoms with Crippen molar-refractivity contribution in [2.75, 3.05) is 5.32 Å². The predicted molar refractivity (Wildman–Crippen MR) is 83.5 cm³/mol. The van der Waals surface area contributed by atoms with Gasteiger partial charge in [0.05, 0.1) is 0 Å². The third-order valence-electron chi connectivity index (χ3n) is 4.40. The number of rotatable bonds is 3. The highest BCUT2D eigenvalue weighted by Gasteiger charge is 2.17. The minimum absolute atomic E-state index is 0.611. The first-order valence-electron chi connectivity index (χ1n) is 7.61. The second-order valence-electron chi connectivity index (χ2n) is 5.87. The Bertz CT molecular complexity index is 580. The highest BCUT2D eigenvalue weighted by molar-refractivity contribution is 5.56. The van der Waals surface area contributed by atoms with Gasteiger partial charge in [0.25, 0.3) is 0 Å².